The van der Waals surface area contributed by atoms with Crippen molar-refractivity contribution in [3.63, 3.8) is 0 Å². The van der Waals surface area contributed by atoms with Gasteiger partial charge in [0.1, 0.15) is 6.04 Å². The van der Waals surface area contributed by atoms with E-state index >= 15 is 0 Å². The molecule has 100 valence electrons. The number of nitrogens with zero attached hydrogens (tertiary/aromatic N) is 1. The molecule has 1 aromatic carbocycles. The van der Waals surface area contributed by atoms with Crippen LogP contribution in [0.25, 0.3) is 0 Å². The molecule has 4 heteroatoms. The standard InChI is InChI=1S/C14H22N2O2/c1-4-16(10-9-13(15-3)14(17)18)12-7-5-11(2)6-8-12/h5-8,13,15H,4,9-10H2,1-3H3,(H,17,18). The van der Waals surface area contributed by atoms with Gasteiger partial charge < -0.3 is 15.3 Å². The molecule has 0 aliphatic carbocycles. The summed E-state index contributed by atoms with van der Waals surface area (Å²) in [5.41, 5.74) is 2.37. The molecule has 0 fully saturated rings. The van der Waals surface area contributed by atoms with Gasteiger partial charge in [0, 0.05) is 18.8 Å². The molecule has 4 nitrogen and oxygen atoms in total. The van der Waals surface area contributed by atoms with E-state index in [1.54, 1.807) is 7.05 Å². The number of likely N-dealkylation sites (N-methyl/N-ethyl adjacent to an activating group) is 1. The lowest BCUT2D eigenvalue weighted by atomic mass is 10.1. The average Bonchev–Trinajstić information content (AvgIpc) is 2.36. The molecule has 0 aromatic heterocycles. The lowest BCUT2D eigenvalue weighted by molar-refractivity contribution is -0.139. The molecule has 0 aliphatic rings. The Labute approximate surface area is 109 Å². The molecule has 2 N–H and O–H groups in total. The molecule has 0 heterocycles. The van der Waals surface area contributed by atoms with Gasteiger partial charge in [-0.3, -0.25) is 4.79 Å². The van der Waals surface area contributed by atoms with E-state index in [9.17, 15) is 4.79 Å². The van der Waals surface area contributed by atoms with Crippen LogP contribution < -0.4 is 10.2 Å². The zero-order valence-corrected chi connectivity index (χ0v) is 11.3. The van der Waals surface area contributed by atoms with Gasteiger partial charge in [-0.1, -0.05) is 17.7 Å². The van der Waals surface area contributed by atoms with Crippen LogP contribution >= 0.6 is 0 Å². The Morgan fingerprint density at radius 2 is 2.00 bits per heavy atom. The first kappa shape index (κ1) is 14.5. The monoisotopic (exact) mass is 250 g/mol. The Kier molecular flexibility index (Phi) is 5.65. The summed E-state index contributed by atoms with van der Waals surface area (Å²) in [5.74, 6) is -0.794. The quantitative estimate of drug-likeness (QED) is 0.776. The normalized spacial score (nSPS) is 12.2. The minimum atomic E-state index is -0.794. The number of aliphatic carboxylic acids is 1. The molecule has 0 saturated carbocycles. The third-order valence-corrected chi connectivity index (χ3v) is 3.12. The van der Waals surface area contributed by atoms with Crippen molar-refractivity contribution in [1.29, 1.82) is 0 Å². The summed E-state index contributed by atoms with van der Waals surface area (Å²) in [7, 11) is 1.68. The predicted octanol–water partition coefficient (Wildman–Crippen LogP) is 1.88. The molecule has 1 aromatic rings. The van der Waals surface area contributed by atoms with Crippen LogP contribution in [0.1, 0.15) is 18.9 Å². The van der Waals surface area contributed by atoms with Crippen molar-refractivity contribution in [1.82, 2.24) is 5.32 Å². The molecule has 18 heavy (non-hydrogen) atoms. The molecule has 1 unspecified atom stereocenters. The van der Waals surface area contributed by atoms with Crippen molar-refractivity contribution < 1.29 is 9.90 Å². The molecule has 0 radical (unpaired) electrons. The van der Waals surface area contributed by atoms with Gasteiger partial charge in [-0.25, -0.2) is 0 Å². The van der Waals surface area contributed by atoms with Crippen LogP contribution in [0.3, 0.4) is 0 Å². The number of aryl methyl sites for hydroxylation is 1. The second kappa shape index (κ2) is 7.01. The first-order valence-corrected chi connectivity index (χ1v) is 6.30. The summed E-state index contributed by atoms with van der Waals surface area (Å²) >= 11 is 0. The van der Waals surface area contributed by atoms with E-state index in [0.29, 0.717) is 6.42 Å². The smallest absolute Gasteiger partial charge is 0.320 e. The maximum absolute atomic E-state index is 10.9. The number of carboxylic acids is 1. The van der Waals surface area contributed by atoms with Crippen LogP contribution in [0.15, 0.2) is 24.3 Å². The fourth-order valence-corrected chi connectivity index (χ4v) is 1.90. The van der Waals surface area contributed by atoms with Crippen LogP contribution in [-0.2, 0) is 4.79 Å². The molecule has 0 spiro atoms. The largest absolute Gasteiger partial charge is 0.480 e. The molecular weight excluding hydrogens is 228 g/mol. The maximum Gasteiger partial charge on any atom is 0.320 e. The van der Waals surface area contributed by atoms with E-state index in [2.05, 4.69) is 48.3 Å². The highest BCUT2D eigenvalue weighted by atomic mass is 16.4. The maximum atomic E-state index is 10.9. The third-order valence-electron chi connectivity index (χ3n) is 3.12. The van der Waals surface area contributed by atoms with E-state index in [1.165, 1.54) is 5.56 Å². The number of benzene rings is 1. The number of carbonyl (C=O) groups is 1. The summed E-state index contributed by atoms with van der Waals surface area (Å²) < 4.78 is 0. The highest BCUT2D eigenvalue weighted by Crippen LogP contribution is 2.15. The summed E-state index contributed by atoms with van der Waals surface area (Å²) in [6.45, 7) is 5.74. The van der Waals surface area contributed by atoms with Crippen molar-refractivity contribution in [2.24, 2.45) is 0 Å². The number of rotatable bonds is 7. The third kappa shape index (κ3) is 4.04. The zero-order chi connectivity index (χ0) is 13.5. The topological polar surface area (TPSA) is 52.6 Å². The van der Waals surface area contributed by atoms with Crippen molar-refractivity contribution in [2.45, 2.75) is 26.3 Å². The molecule has 0 saturated heterocycles. The van der Waals surface area contributed by atoms with Gasteiger partial charge in [-0.05, 0) is 39.4 Å². The van der Waals surface area contributed by atoms with Crippen LogP contribution in [0.5, 0.6) is 0 Å². The highest BCUT2D eigenvalue weighted by molar-refractivity contribution is 5.73. The van der Waals surface area contributed by atoms with Gasteiger partial charge in [0.15, 0.2) is 0 Å². The van der Waals surface area contributed by atoms with Gasteiger partial charge >= 0.3 is 5.97 Å². The van der Waals surface area contributed by atoms with E-state index < -0.39 is 12.0 Å². The van der Waals surface area contributed by atoms with Crippen LogP contribution in [0.2, 0.25) is 0 Å². The van der Waals surface area contributed by atoms with Crippen LogP contribution in [-0.4, -0.2) is 37.3 Å². The van der Waals surface area contributed by atoms with E-state index in [0.717, 1.165) is 18.8 Å². The second-order valence-corrected chi connectivity index (χ2v) is 4.38. The van der Waals surface area contributed by atoms with Crippen LogP contribution in [0.4, 0.5) is 5.69 Å². The Morgan fingerprint density at radius 1 is 1.39 bits per heavy atom. The number of hydrogen-bond donors (Lipinski definition) is 2. The van der Waals surface area contributed by atoms with Gasteiger partial charge in [0.2, 0.25) is 0 Å². The van der Waals surface area contributed by atoms with E-state index in [4.69, 9.17) is 5.11 Å². The van der Waals surface area contributed by atoms with Gasteiger partial charge in [-0.15, -0.1) is 0 Å². The number of anilines is 1. The number of carboxylic acid groups (broad SMARTS) is 1. The predicted molar refractivity (Wildman–Crippen MR) is 74.2 cm³/mol. The number of hydrogen-bond acceptors (Lipinski definition) is 3. The fraction of sp³-hybridized carbons (Fsp3) is 0.500. The lowest BCUT2D eigenvalue weighted by Crippen LogP contribution is -2.38. The summed E-state index contributed by atoms with van der Waals surface area (Å²) in [6, 6.07) is 7.82. The minimum absolute atomic E-state index is 0.482. The zero-order valence-electron chi connectivity index (χ0n) is 11.3. The van der Waals surface area contributed by atoms with Crippen molar-refractivity contribution in [3.05, 3.63) is 29.8 Å². The fourth-order valence-electron chi connectivity index (χ4n) is 1.90. The molecular formula is C14H22N2O2. The minimum Gasteiger partial charge on any atom is -0.480 e. The second-order valence-electron chi connectivity index (χ2n) is 4.38. The lowest BCUT2D eigenvalue weighted by Gasteiger charge is -2.24. The summed E-state index contributed by atoms with van der Waals surface area (Å²) in [4.78, 5) is 13.1. The Bertz CT molecular complexity index is 376. The first-order valence-electron chi connectivity index (χ1n) is 6.30. The Morgan fingerprint density at radius 3 is 2.44 bits per heavy atom. The first-order chi connectivity index (χ1) is 8.58. The summed E-state index contributed by atoms with van der Waals surface area (Å²) in [5, 5.41) is 11.8. The number of nitrogens with one attached hydrogen (secondary N) is 1. The van der Waals surface area contributed by atoms with Crippen LogP contribution in [0, 0.1) is 6.92 Å². The van der Waals surface area contributed by atoms with Crippen molar-refractivity contribution in [2.75, 3.05) is 25.0 Å². The highest BCUT2D eigenvalue weighted by Gasteiger charge is 2.16. The van der Waals surface area contributed by atoms with E-state index in [1.807, 2.05) is 0 Å². The SMILES string of the molecule is CCN(CCC(NC)C(=O)O)c1ccc(C)cc1. The van der Waals surface area contributed by atoms with Crippen molar-refractivity contribution >= 4 is 11.7 Å². The van der Waals surface area contributed by atoms with Gasteiger partial charge in [0.25, 0.3) is 0 Å². The van der Waals surface area contributed by atoms with Crippen molar-refractivity contribution in [3.8, 4) is 0 Å². The molecule has 0 aliphatic heterocycles. The van der Waals surface area contributed by atoms with Gasteiger partial charge in [0.05, 0.1) is 0 Å². The summed E-state index contributed by atoms with van der Waals surface area (Å²) in [6.07, 6.45) is 0.591. The Hall–Kier alpha value is -1.55. The molecule has 0 amide bonds. The molecule has 0 bridgehead atoms. The van der Waals surface area contributed by atoms with Gasteiger partial charge in [-0.2, -0.15) is 0 Å². The molecule has 1 rings (SSSR count). The van der Waals surface area contributed by atoms with E-state index in [-0.39, 0.29) is 0 Å². The Balaban J connectivity index is 2.62. The molecule has 1 atom stereocenters. The average molecular weight is 250 g/mol.